The number of aryl methyl sites for hydroxylation is 2. The lowest BCUT2D eigenvalue weighted by atomic mass is 9.87. The maximum absolute atomic E-state index is 5.75. The number of nitrogens with two attached hydrogens (primary N) is 1. The lowest BCUT2D eigenvalue weighted by molar-refractivity contribution is 0.462. The molecule has 1 aliphatic carbocycles. The van der Waals surface area contributed by atoms with E-state index in [2.05, 4.69) is 21.9 Å². The molecule has 0 radical (unpaired) electrons. The molecule has 0 saturated heterocycles. The van der Waals surface area contributed by atoms with E-state index in [1.165, 1.54) is 11.1 Å². The van der Waals surface area contributed by atoms with Crippen LogP contribution in [0.1, 0.15) is 23.2 Å². The molecule has 0 aliphatic heterocycles. The second kappa shape index (κ2) is 5.05. The first-order valence-corrected chi connectivity index (χ1v) is 6.74. The standard InChI is InChI=1S/C15H18N4/c1-10-4-5-17-14(6-10)15-18-9-12-7-11(8-16)2-3-13(12)19-15/h4-6,9,11H,2-3,7-8,16H2,1H3. The molecular formula is C15H18N4. The Balaban J connectivity index is 1.94. The third-order valence-electron chi connectivity index (χ3n) is 3.73. The minimum Gasteiger partial charge on any atom is -0.330 e. The van der Waals surface area contributed by atoms with Crippen molar-refractivity contribution in [1.82, 2.24) is 15.0 Å². The molecule has 98 valence electrons. The van der Waals surface area contributed by atoms with Crippen LogP contribution < -0.4 is 5.73 Å². The molecule has 1 unspecified atom stereocenters. The third-order valence-corrected chi connectivity index (χ3v) is 3.73. The average molecular weight is 254 g/mol. The summed E-state index contributed by atoms with van der Waals surface area (Å²) >= 11 is 0. The zero-order valence-corrected chi connectivity index (χ0v) is 11.1. The first-order valence-electron chi connectivity index (χ1n) is 6.74. The van der Waals surface area contributed by atoms with Crippen molar-refractivity contribution in [2.75, 3.05) is 6.54 Å². The van der Waals surface area contributed by atoms with Gasteiger partial charge >= 0.3 is 0 Å². The summed E-state index contributed by atoms with van der Waals surface area (Å²) in [5.41, 5.74) is 10.2. The number of pyridine rings is 1. The van der Waals surface area contributed by atoms with E-state index in [1.54, 1.807) is 6.20 Å². The van der Waals surface area contributed by atoms with Crippen LogP contribution in [0.3, 0.4) is 0 Å². The minimum absolute atomic E-state index is 0.582. The van der Waals surface area contributed by atoms with E-state index in [-0.39, 0.29) is 0 Å². The SMILES string of the molecule is Cc1ccnc(-c2ncc3c(n2)CCC(CN)C3)c1. The smallest absolute Gasteiger partial charge is 0.178 e. The Labute approximate surface area is 113 Å². The predicted molar refractivity (Wildman–Crippen MR) is 74.6 cm³/mol. The van der Waals surface area contributed by atoms with Gasteiger partial charge in [0.1, 0.15) is 5.69 Å². The van der Waals surface area contributed by atoms with Gasteiger partial charge in [0, 0.05) is 18.1 Å². The lowest BCUT2D eigenvalue weighted by Gasteiger charge is -2.22. The van der Waals surface area contributed by atoms with E-state index >= 15 is 0 Å². The van der Waals surface area contributed by atoms with Crippen molar-refractivity contribution >= 4 is 0 Å². The molecular weight excluding hydrogens is 236 g/mol. The van der Waals surface area contributed by atoms with Crippen LogP contribution >= 0.6 is 0 Å². The maximum Gasteiger partial charge on any atom is 0.178 e. The zero-order chi connectivity index (χ0) is 13.2. The number of aromatic nitrogens is 3. The van der Waals surface area contributed by atoms with E-state index in [9.17, 15) is 0 Å². The Bertz CT molecular complexity index is 594. The lowest BCUT2D eigenvalue weighted by Crippen LogP contribution is -2.23. The van der Waals surface area contributed by atoms with Crippen molar-refractivity contribution in [3.05, 3.63) is 41.3 Å². The van der Waals surface area contributed by atoms with Crippen molar-refractivity contribution in [3.63, 3.8) is 0 Å². The highest BCUT2D eigenvalue weighted by molar-refractivity contribution is 5.50. The van der Waals surface area contributed by atoms with Gasteiger partial charge in [-0.25, -0.2) is 9.97 Å². The molecule has 0 bridgehead atoms. The average Bonchev–Trinajstić information content (AvgIpc) is 2.46. The number of rotatable bonds is 2. The summed E-state index contributed by atoms with van der Waals surface area (Å²) in [4.78, 5) is 13.5. The molecule has 4 nitrogen and oxygen atoms in total. The topological polar surface area (TPSA) is 64.7 Å². The molecule has 0 spiro atoms. The van der Waals surface area contributed by atoms with E-state index in [0.717, 1.165) is 43.0 Å². The van der Waals surface area contributed by atoms with Crippen molar-refractivity contribution in [2.24, 2.45) is 11.7 Å². The van der Waals surface area contributed by atoms with E-state index in [0.29, 0.717) is 5.92 Å². The molecule has 19 heavy (non-hydrogen) atoms. The van der Waals surface area contributed by atoms with Gasteiger partial charge in [0.2, 0.25) is 0 Å². The molecule has 0 amide bonds. The van der Waals surface area contributed by atoms with Crippen LogP contribution in [0.25, 0.3) is 11.5 Å². The van der Waals surface area contributed by atoms with Crippen molar-refractivity contribution in [1.29, 1.82) is 0 Å². The summed E-state index contributed by atoms with van der Waals surface area (Å²) in [5, 5.41) is 0. The fourth-order valence-electron chi connectivity index (χ4n) is 2.57. The van der Waals surface area contributed by atoms with Gasteiger partial charge in [-0.05, 0) is 61.9 Å². The second-order valence-electron chi connectivity index (χ2n) is 5.23. The summed E-state index contributed by atoms with van der Waals surface area (Å²) in [5.74, 6) is 1.31. The fraction of sp³-hybridized carbons (Fsp3) is 0.400. The summed E-state index contributed by atoms with van der Waals surface area (Å²) in [6.45, 7) is 2.80. The third kappa shape index (κ3) is 2.49. The van der Waals surface area contributed by atoms with Crippen LogP contribution in [-0.2, 0) is 12.8 Å². The van der Waals surface area contributed by atoms with Gasteiger partial charge in [0.05, 0.1) is 0 Å². The Kier molecular flexibility index (Phi) is 3.25. The van der Waals surface area contributed by atoms with Crippen LogP contribution in [0, 0.1) is 12.8 Å². The molecule has 2 N–H and O–H groups in total. The molecule has 0 saturated carbocycles. The highest BCUT2D eigenvalue weighted by atomic mass is 14.9. The molecule has 2 aromatic rings. The molecule has 0 fully saturated rings. The monoisotopic (exact) mass is 254 g/mol. The maximum atomic E-state index is 5.75. The summed E-state index contributed by atoms with van der Waals surface area (Å²) in [7, 11) is 0. The molecule has 1 aliphatic rings. The Morgan fingerprint density at radius 2 is 2.26 bits per heavy atom. The van der Waals surface area contributed by atoms with Crippen LogP contribution in [0.2, 0.25) is 0 Å². The quantitative estimate of drug-likeness (QED) is 0.889. The van der Waals surface area contributed by atoms with Crippen molar-refractivity contribution in [3.8, 4) is 11.5 Å². The van der Waals surface area contributed by atoms with Crippen LogP contribution in [-0.4, -0.2) is 21.5 Å². The van der Waals surface area contributed by atoms with Gasteiger partial charge < -0.3 is 5.73 Å². The van der Waals surface area contributed by atoms with Gasteiger partial charge in [-0.3, -0.25) is 4.98 Å². The number of fused-ring (bicyclic) bond motifs is 1. The highest BCUT2D eigenvalue weighted by Crippen LogP contribution is 2.24. The van der Waals surface area contributed by atoms with E-state index in [4.69, 9.17) is 5.73 Å². The zero-order valence-electron chi connectivity index (χ0n) is 11.1. The minimum atomic E-state index is 0.582. The molecule has 0 aromatic carbocycles. The van der Waals surface area contributed by atoms with Crippen LogP contribution in [0.5, 0.6) is 0 Å². The molecule has 1 atom stereocenters. The van der Waals surface area contributed by atoms with Gasteiger partial charge in [0.15, 0.2) is 5.82 Å². The number of hydrogen-bond acceptors (Lipinski definition) is 4. The van der Waals surface area contributed by atoms with Crippen LogP contribution in [0.15, 0.2) is 24.5 Å². The Hall–Kier alpha value is -1.81. The second-order valence-corrected chi connectivity index (χ2v) is 5.23. The fourth-order valence-corrected chi connectivity index (χ4v) is 2.57. The number of hydrogen-bond donors (Lipinski definition) is 1. The van der Waals surface area contributed by atoms with E-state index in [1.807, 2.05) is 18.3 Å². The molecule has 4 heteroatoms. The van der Waals surface area contributed by atoms with Gasteiger partial charge in [0.25, 0.3) is 0 Å². The first kappa shape index (κ1) is 12.2. The largest absolute Gasteiger partial charge is 0.330 e. The van der Waals surface area contributed by atoms with Crippen LogP contribution in [0.4, 0.5) is 0 Å². The van der Waals surface area contributed by atoms with Gasteiger partial charge in [-0.2, -0.15) is 0 Å². The Morgan fingerprint density at radius 1 is 1.37 bits per heavy atom. The Morgan fingerprint density at radius 3 is 3.05 bits per heavy atom. The normalized spacial score (nSPS) is 18.1. The van der Waals surface area contributed by atoms with Gasteiger partial charge in [-0.1, -0.05) is 0 Å². The summed E-state index contributed by atoms with van der Waals surface area (Å²) in [6.07, 6.45) is 6.88. The molecule has 3 rings (SSSR count). The first-order chi connectivity index (χ1) is 9.26. The van der Waals surface area contributed by atoms with Gasteiger partial charge in [-0.15, -0.1) is 0 Å². The number of nitrogens with zero attached hydrogens (tertiary/aromatic N) is 3. The van der Waals surface area contributed by atoms with E-state index < -0.39 is 0 Å². The summed E-state index contributed by atoms with van der Waals surface area (Å²) in [6, 6.07) is 4.00. The molecule has 2 heterocycles. The molecule has 2 aromatic heterocycles. The van der Waals surface area contributed by atoms with Crippen molar-refractivity contribution in [2.45, 2.75) is 26.2 Å². The predicted octanol–water partition coefficient (Wildman–Crippen LogP) is 1.91. The highest BCUT2D eigenvalue weighted by Gasteiger charge is 2.19. The van der Waals surface area contributed by atoms with Crippen molar-refractivity contribution < 1.29 is 0 Å². The summed E-state index contributed by atoms with van der Waals surface area (Å²) < 4.78 is 0.